The highest BCUT2D eigenvalue weighted by Gasteiger charge is 2.39. The molecule has 2 aromatic heterocycles. The van der Waals surface area contributed by atoms with Gasteiger partial charge in [0.25, 0.3) is 0 Å². The molecule has 3 aromatic carbocycles. The Morgan fingerprint density at radius 2 is 1.41 bits per heavy atom. The van der Waals surface area contributed by atoms with E-state index in [4.69, 9.17) is 9.72 Å². The molecule has 0 bridgehead atoms. The minimum absolute atomic E-state index is 0.0413. The Kier molecular flexibility index (Phi) is 7.42. The molecular weight excluding hydrogens is 585 g/mol. The predicted octanol–water partition coefficient (Wildman–Crippen LogP) is 10.2. The first kappa shape index (κ1) is 28.8. The Bertz CT molecular complexity index is 2100. The maximum atomic E-state index is 9.53. The number of pyridine rings is 1. The number of anilines is 3. The zero-order chi connectivity index (χ0) is 31.7. The molecule has 0 spiro atoms. The van der Waals surface area contributed by atoms with E-state index in [9.17, 15) is 10.5 Å². The molecule has 220 valence electrons. The van der Waals surface area contributed by atoms with E-state index in [0.29, 0.717) is 17.1 Å². The molecule has 0 amide bonds. The minimum Gasteiger partial charge on any atom is -0.457 e. The van der Waals surface area contributed by atoms with Crippen LogP contribution in [0.15, 0.2) is 144 Å². The van der Waals surface area contributed by atoms with Crippen LogP contribution in [0.25, 0.3) is 22.4 Å². The van der Waals surface area contributed by atoms with Gasteiger partial charge < -0.3 is 9.64 Å². The number of thiophene rings is 1. The van der Waals surface area contributed by atoms with Gasteiger partial charge >= 0.3 is 0 Å². The first-order valence-corrected chi connectivity index (χ1v) is 15.7. The lowest BCUT2D eigenvalue weighted by Gasteiger charge is -2.27. The number of rotatable bonds is 6. The maximum absolute atomic E-state index is 9.53. The second-order valence-electron chi connectivity index (χ2n) is 11.5. The van der Waals surface area contributed by atoms with E-state index >= 15 is 0 Å². The van der Waals surface area contributed by atoms with E-state index in [1.54, 1.807) is 23.5 Å². The molecule has 1 aliphatic heterocycles. The van der Waals surface area contributed by atoms with Crippen LogP contribution in [0.1, 0.15) is 35.4 Å². The molecule has 0 unspecified atom stereocenters. The molecule has 7 rings (SSSR count). The number of aromatic nitrogens is 1. The Morgan fingerprint density at radius 1 is 0.783 bits per heavy atom. The average molecular weight is 613 g/mol. The van der Waals surface area contributed by atoms with Gasteiger partial charge in [-0.15, -0.1) is 11.3 Å². The van der Waals surface area contributed by atoms with Gasteiger partial charge in [0, 0.05) is 32.8 Å². The van der Waals surface area contributed by atoms with E-state index < -0.39 is 0 Å². The van der Waals surface area contributed by atoms with Gasteiger partial charge in [-0.1, -0.05) is 80.6 Å². The molecule has 1 aliphatic carbocycles. The molecule has 46 heavy (non-hydrogen) atoms. The van der Waals surface area contributed by atoms with E-state index in [1.807, 2.05) is 73.0 Å². The molecule has 0 N–H and O–H groups in total. The van der Waals surface area contributed by atoms with Gasteiger partial charge in [0.05, 0.1) is 22.5 Å². The normalized spacial score (nSPS) is 14.3. The van der Waals surface area contributed by atoms with Crippen molar-refractivity contribution in [1.82, 2.24) is 4.98 Å². The SMILES string of the molecule is CC1(C)c2cc(N(c3ccccc3)c3ccccc3)cnc2-c2sc(/C=C/C3=CC(=C(C#N)C#N)C=C(c4ccccc4)O3)cc21. The van der Waals surface area contributed by atoms with Crippen LogP contribution >= 0.6 is 11.3 Å². The summed E-state index contributed by atoms with van der Waals surface area (Å²) in [5, 5.41) is 19.1. The Labute approximate surface area is 272 Å². The van der Waals surface area contributed by atoms with E-state index in [2.05, 4.69) is 79.4 Å². The van der Waals surface area contributed by atoms with Gasteiger partial charge in [0.2, 0.25) is 0 Å². The van der Waals surface area contributed by atoms with Gasteiger partial charge in [-0.3, -0.25) is 4.98 Å². The highest BCUT2D eigenvalue weighted by molar-refractivity contribution is 7.16. The van der Waals surface area contributed by atoms with Crippen molar-refractivity contribution in [2.24, 2.45) is 0 Å². The summed E-state index contributed by atoms with van der Waals surface area (Å²) in [4.78, 5) is 9.53. The molecule has 2 aliphatic rings. The third-order valence-electron chi connectivity index (χ3n) is 8.27. The maximum Gasteiger partial charge on any atom is 0.137 e. The smallest absolute Gasteiger partial charge is 0.137 e. The number of hydrogen-bond acceptors (Lipinski definition) is 6. The Balaban J connectivity index is 1.22. The molecular formula is C40H28N4OS. The first-order valence-electron chi connectivity index (χ1n) is 14.9. The number of fused-ring (bicyclic) bond motifs is 3. The fourth-order valence-electron chi connectivity index (χ4n) is 5.92. The van der Waals surface area contributed by atoms with Crippen LogP contribution in [0.5, 0.6) is 0 Å². The van der Waals surface area contributed by atoms with Gasteiger partial charge in [-0.2, -0.15) is 10.5 Å². The fraction of sp³-hybridized carbons (Fsp3) is 0.0750. The van der Waals surface area contributed by atoms with Crippen LogP contribution in [0.4, 0.5) is 17.1 Å². The summed E-state index contributed by atoms with van der Waals surface area (Å²) in [6, 6.07) is 38.9. The summed E-state index contributed by atoms with van der Waals surface area (Å²) in [5.74, 6) is 1.14. The first-order chi connectivity index (χ1) is 22.5. The van der Waals surface area contributed by atoms with Gasteiger partial charge in [0.15, 0.2) is 0 Å². The number of para-hydroxylation sites is 2. The largest absolute Gasteiger partial charge is 0.457 e. The number of allylic oxidation sites excluding steroid dienone is 5. The lowest BCUT2D eigenvalue weighted by Crippen LogP contribution is -2.16. The minimum atomic E-state index is -0.246. The monoisotopic (exact) mass is 612 g/mol. The lowest BCUT2D eigenvalue weighted by molar-refractivity contribution is 0.396. The van der Waals surface area contributed by atoms with Crippen molar-refractivity contribution >= 4 is 40.2 Å². The molecule has 0 atom stereocenters. The second kappa shape index (κ2) is 11.9. The highest BCUT2D eigenvalue weighted by atomic mass is 32.1. The van der Waals surface area contributed by atoms with Crippen LogP contribution in [0.3, 0.4) is 0 Å². The zero-order valence-corrected chi connectivity index (χ0v) is 26.1. The van der Waals surface area contributed by atoms with Gasteiger partial charge in [-0.05, 0) is 71.8 Å². The topological polar surface area (TPSA) is 72.9 Å². The van der Waals surface area contributed by atoms with Crippen molar-refractivity contribution in [3.05, 3.63) is 166 Å². The summed E-state index contributed by atoms with van der Waals surface area (Å²) in [5.41, 5.74) is 7.80. The Hall–Kier alpha value is -5.95. The fourth-order valence-corrected chi connectivity index (χ4v) is 7.16. The predicted molar refractivity (Wildman–Crippen MR) is 185 cm³/mol. The zero-order valence-electron chi connectivity index (χ0n) is 25.3. The van der Waals surface area contributed by atoms with Crippen LogP contribution in [0, 0.1) is 22.7 Å². The molecule has 5 nitrogen and oxygen atoms in total. The molecule has 0 saturated carbocycles. The lowest BCUT2D eigenvalue weighted by atomic mass is 9.83. The summed E-state index contributed by atoms with van der Waals surface area (Å²) in [6.45, 7) is 4.51. The van der Waals surface area contributed by atoms with Crippen LogP contribution in [0.2, 0.25) is 0 Å². The number of nitriles is 2. The number of benzene rings is 3. The van der Waals surface area contributed by atoms with E-state index in [1.165, 1.54) is 11.1 Å². The summed E-state index contributed by atoms with van der Waals surface area (Å²) in [6.07, 6.45) is 9.36. The van der Waals surface area contributed by atoms with Crippen molar-refractivity contribution in [3.63, 3.8) is 0 Å². The van der Waals surface area contributed by atoms with E-state index in [-0.39, 0.29) is 11.0 Å². The Morgan fingerprint density at radius 3 is 2.04 bits per heavy atom. The van der Waals surface area contributed by atoms with Crippen molar-refractivity contribution in [3.8, 4) is 22.7 Å². The summed E-state index contributed by atoms with van der Waals surface area (Å²) in [7, 11) is 0. The number of nitrogens with zero attached hydrogens (tertiary/aromatic N) is 4. The molecule has 6 heteroatoms. The van der Waals surface area contributed by atoms with Gasteiger partial charge in [-0.25, -0.2) is 0 Å². The van der Waals surface area contributed by atoms with Crippen LogP contribution < -0.4 is 4.90 Å². The van der Waals surface area contributed by atoms with Crippen molar-refractivity contribution < 1.29 is 4.74 Å². The highest BCUT2D eigenvalue weighted by Crippen LogP contribution is 2.53. The number of hydrogen-bond donors (Lipinski definition) is 0. The van der Waals surface area contributed by atoms with Crippen molar-refractivity contribution in [2.45, 2.75) is 19.3 Å². The summed E-state index contributed by atoms with van der Waals surface area (Å²) < 4.78 is 6.22. The average Bonchev–Trinajstić information content (AvgIpc) is 3.62. The second-order valence-corrected chi connectivity index (χ2v) is 12.6. The number of ether oxygens (including phenoxy) is 1. The third-order valence-corrected chi connectivity index (χ3v) is 9.37. The molecule has 0 radical (unpaired) electrons. The molecule has 0 fully saturated rings. The molecule has 5 aromatic rings. The van der Waals surface area contributed by atoms with Crippen LogP contribution in [-0.4, -0.2) is 4.98 Å². The van der Waals surface area contributed by atoms with E-state index in [0.717, 1.165) is 38.1 Å². The quantitative estimate of drug-likeness (QED) is 0.178. The molecule has 3 heterocycles. The summed E-state index contributed by atoms with van der Waals surface area (Å²) >= 11 is 1.70. The van der Waals surface area contributed by atoms with Crippen molar-refractivity contribution in [1.29, 1.82) is 10.5 Å². The van der Waals surface area contributed by atoms with Gasteiger partial charge in [0.1, 0.15) is 29.2 Å². The molecule has 0 saturated heterocycles. The standard InChI is InChI=1S/C40H28N4OS/c1-40(2)35-22-32(44(30-14-8-4-9-15-30)31-16-10-5-11-17-31)26-43-38(35)39-36(40)23-34(46-39)19-18-33-20-28(29(24-41)25-42)21-37(45-33)27-12-6-3-7-13-27/h3-23,26H,1-2H3/b19-18+. The van der Waals surface area contributed by atoms with Crippen molar-refractivity contribution in [2.75, 3.05) is 4.90 Å². The third kappa shape index (κ3) is 5.22. The van der Waals surface area contributed by atoms with Crippen LogP contribution in [-0.2, 0) is 10.2 Å².